The lowest BCUT2D eigenvalue weighted by Gasteiger charge is -1.98. The van der Waals surface area contributed by atoms with Crippen molar-refractivity contribution < 1.29 is 9.21 Å². The third-order valence-electron chi connectivity index (χ3n) is 2.63. The van der Waals surface area contributed by atoms with Crippen molar-refractivity contribution >= 4 is 16.8 Å². The summed E-state index contributed by atoms with van der Waals surface area (Å²) in [5, 5.41) is -0.519. The van der Waals surface area contributed by atoms with Crippen LogP contribution in [0.25, 0.3) is 0 Å². The van der Waals surface area contributed by atoms with Crippen LogP contribution in [0.5, 0.6) is 0 Å². The van der Waals surface area contributed by atoms with E-state index < -0.39 is 5.24 Å². The molecule has 1 aromatic rings. The number of furan rings is 1. The summed E-state index contributed by atoms with van der Waals surface area (Å²) in [6.45, 7) is 2.22. The van der Waals surface area contributed by atoms with E-state index in [2.05, 4.69) is 6.92 Å². The summed E-state index contributed by atoms with van der Waals surface area (Å²) in [4.78, 5) is 10.8. The molecule has 1 aromatic heterocycles. The molecular weight excluding hydrogens is 224 g/mol. The van der Waals surface area contributed by atoms with Gasteiger partial charge in [-0.3, -0.25) is 4.79 Å². The van der Waals surface area contributed by atoms with E-state index in [1.807, 2.05) is 6.07 Å². The fourth-order valence-electron chi connectivity index (χ4n) is 1.70. The number of halogens is 1. The SMILES string of the molecule is CCCCCCCCc1ccc(C(=O)Cl)o1. The maximum atomic E-state index is 10.8. The summed E-state index contributed by atoms with van der Waals surface area (Å²) in [5.74, 6) is 1.11. The van der Waals surface area contributed by atoms with Gasteiger partial charge in [0.1, 0.15) is 5.76 Å². The summed E-state index contributed by atoms with van der Waals surface area (Å²) >= 11 is 5.30. The van der Waals surface area contributed by atoms with E-state index in [9.17, 15) is 4.79 Å². The first-order valence-electron chi connectivity index (χ1n) is 6.02. The highest BCUT2D eigenvalue weighted by molar-refractivity contribution is 6.67. The second-order valence-corrected chi connectivity index (χ2v) is 4.40. The van der Waals surface area contributed by atoms with Gasteiger partial charge in [-0.15, -0.1) is 0 Å². The molecule has 0 unspecified atom stereocenters. The molecule has 2 nitrogen and oxygen atoms in total. The molecule has 0 radical (unpaired) electrons. The van der Waals surface area contributed by atoms with Crippen LogP contribution >= 0.6 is 11.6 Å². The molecular formula is C13H19ClO2. The number of unbranched alkanes of at least 4 members (excludes halogenated alkanes) is 5. The summed E-state index contributed by atoms with van der Waals surface area (Å²) in [6, 6.07) is 3.48. The van der Waals surface area contributed by atoms with E-state index in [-0.39, 0.29) is 5.76 Å². The van der Waals surface area contributed by atoms with Crippen LogP contribution in [-0.4, -0.2) is 5.24 Å². The van der Waals surface area contributed by atoms with Gasteiger partial charge in [-0.2, -0.15) is 0 Å². The zero-order valence-electron chi connectivity index (χ0n) is 9.80. The summed E-state index contributed by atoms with van der Waals surface area (Å²) < 4.78 is 5.29. The van der Waals surface area contributed by atoms with Crippen LogP contribution in [0.3, 0.4) is 0 Å². The molecule has 0 fully saturated rings. The average molecular weight is 243 g/mol. The number of hydrogen-bond acceptors (Lipinski definition) is 2. The van der Waals surface area contributed by atoms with Gasteiger partial charge in [0.2, 0.25) is 0 Å². The quantitative estimate of drug-likeness (QED) is 0.494. The number of carbonyl (C=O) groups excluding carboxylic acids is 1. The van der Waals surface area contributed by atoms with E-state index in [1.165, 1.54) is 32.1 Å². The van der Waals surface area contributed by atoms with Gasteiger partial charge in [0.05, 0.1) is 0 Å². The minimum absolute atomic E-state index is 0.252. The first kappa shape index (κ1) is 13.3. The topological polar surface area (TPSA) is 30.2 Å². The second kappa shape index (κ2) is 7.50. The molecule has 3 heteroatoms. The van der Waals surface area contributed by atoms with Gasteiger partial charge < -0.3 is 4.42 Å². The van der Waals surface area contributed by atoms with Crippen molar-refractivity contribution in [3.05, 3.63) is 23.7 Å². The number of aryl methyl sites for hydroxylation is 1. The number of carbonyl (C=O) groups is 1. The summed E-state index contributed by atoms with van der Waals surface area (Å²) in [5.41, 5.74) is 0. The third-order valence-corrected chi connectivity index (χ3v) is 2.82. The first-order chi connectivity index (χ1) is 7.74. The lowest BCUT2D eigenvalue weighted by Crippen LogP contribution is -1.85. The molecule has 0 aliphatic carbocycles. The van der Waals surface area contributed by atoms with Crippen LogP contribution in [0, 0.1) is 0 Å². The molecule has 0 bridgehead atoms. The van der Waals surface area contributed by atoms with Gasteiger partial charge in [-0.05, 0) is 30.2 Å². The standard InChI is InChI=1S/C13H19ClO2/c1-2-3-4-5-6-7-8-11-9-10-12(16-11)13(14)15/h9-10H,2-8H2,1H3. The Labute approximate surface area is 102 Å². The highest BCUT2D eigenvalue weighted by atomic mass is 35.5. The molecule has 0 N–H and O–H groups in total. The summed E-state index contributed by atoms with van der Waals surface area (Å²) in [7, 11) is 0. The second-order valence-electron chi connectivity index (χ2n) is 4.06. The largest absolute Gasteiger partial charge is 0.457 e. The van der Waals surface area contributed by atoms with Gasteiger partial charge >= 0.3 is 0 Å². The van der Waals surface area contributed by atoms with Crippen LogP contribution in [-0.2, 0) is 6.42 Å². The maximum absolute atomic E-state index is 10.8. The Bertz CT molecular complexity index is 317. The van der Waals surface area contributed by atoms with Gasteiger partial charge in [-0.1, -0.05) is 39.0 Å². The van der Waals surface area contributed by atoms with E-state index in [1.54, 1.807) is 6.07 Å². The fraction of sp³-hybridized carbons (Fsp3) is 0.615. The van der Waals surface area contributed by atoms with Crippen molar-refractivity contribution in [2.45, 2.75) is 51.9 Å². The zero-order valence-corrected chi connectivity index (χ0v) is 10.6. The van der Waals surface area contributed by atoms with Crippen molar-refractivity contribution in [1.29, 1.82) is 0 Å². The van der Waals surface area contributed by atoms with E-state index in [0.717, 1.165) is 18.6 Å². The Hall–Kier alpha value is -0.760. The Morgan fingerprint density at radius 2 is 1.88 bits per heavy atom. The average Bonchev–Trinajstić information content (AvgIpc) is 2.72. The van der Waals surface area contributed by atoms with Crippen LogP contribution in [0.1, 0.15) is 61.8 Å². The van der Waals surface area contributed by atoms with Crippen molar-refractivity contribution in [1.82, 2.24) is 0 Å². The molecule has 0 spiro atoms. The molecule has 0 aliphatic heterocycles. The molecule has 0 amide bonds. The highest BCUT2D eigenvalue weighted by Crippen LogP contribution is 2.14. The predicted molar refractivity (Wildman–Crippen MR) is 66.0 cm³/mol. The maximum Gasteiger partial charge on any atom is 0.287 e. The van der Waals surface area contributed by atoms with E-state index >= 15 is 0 Å². The van der Waals surface area contributed by atoms with Crippen LogP contribution in [0.2, 0.25) is 0 Å². The molecule has 0 aliphatic rings. The molecule has 0 saturated heterocycles. The minimum atomic E-state index is -0.519. The van der Waals surface area contributed by atoms with Crippen LogP contribution in [0.4, 0.5) is 0 Å². The molecule has 0 atom stereocenters. The molecule has 16 heavy (non-hydrogen) atoms. The van der Waals surface area contributed by atoms with Crippen molar-refractivity contribution in [2.75, 3.05) is 0 Å². The zero-order chi connectivity index (χ0) is 11.8. The molecule has 1 rings (SSSR count). The van der Waals surface area contributed by atoms with Gasteiger partial charge in [0.15, 0.2) is 5.76 Å². The highest BCUT2D eigenvalue weighted by Gasteiger charge is 2.07. The van der Waals surface area contributed by atoms with Gasteiger partial charge in [0, 0.05) is 6.42 Å². The number of rotatable bonds is 8. The summed E-state index contributed by atoms with van der Waals surface area (Å²) in [6.07, 6.45) is 8.45. The third kappa shape index (κ3) is 4.84. The first-order valence-corrected chi connectivity index (χ1v) is 6.40. The van der Waals surface area contributed by atoms with Gasteiger partial charge in [0.25, 0.3) is 5.24 Å². The lowest BCUT2D eigenvalue weighted by molar-refractivity contribution is 0.105. The lowest BCUT2D eigenvalue weighted by atomic mass is 10.1. The van der Waals surface area contributed by atoms with Crippen LogP contribution in [0.15, 0.2) is 16.5 Å². The molecule has 0 saturated carbocycles. The monoisotopic (exact) mass is 242 g/mol. The number of hydrogen-bond donors (Lipinski definition) is 0. The van der Waals surface area contributed by atoms with Crippen molar-refractivity contribution in [2.24, 2.45) is 0 Å². The smallest absolute Gasteiger partial charge is 0.287 e. The Morgan fingerprint density at radius 3 is 2.50 bits per heavy atom. The predicted octanol–water partition coefficient (Wildman–Crippen LogP) is 4.56. The molecule has 0 aromatic carbocycles. The minimum Gasteiger partial charge on any atom is -0.457 e. The molecule has 90 valence electrons. The van der Waals surface area contributed by atoms with E-state index in [4.69, 9.17) is 16.0 Å². The Morgan fingerprint density at radius 1 is 1.19 bits per heavy atom. The Balaban J connectivity index is 2.14. The fourth-order valence-corrected chi connectivity index (χ4v) is 1.80. The van der Waals surface area contributed by atoms with Crippen molar-refractivity contribution in [3.63, 3.8) is 0 Å². The molecule has 1 heterocycles. The van der Waals surface area contributed by atoms with Gasteiger partial charge in [-0.25, -0.2) is 0 Å². The van der Waals surface area contributed by atoms with Crippen LogP contribution < -0.4 is 0 Å². The van der Waals surface area contributed by atoms with Crippen molar-refractivity contribution in [3.8, 4) is 0 Å². The van der Waals surface area contributed by atoms with E-state index in [0.29, 0.717) is 0 Å². The Kier molecular flexibility index (Phi) is 6.24. The normalized spacial score (nSPS) is 10.6.